The van der Waals surface area contributed by atoms with E-state index in [0.29, 0.717) is 17.7 Å². The lowest BCUT2D eigenvalue weighted by molar-refractivity contribution is -0.109. The third-order valence-corrected chi connectivity index (χ3v) is 6.15. The van der Waals surface area contributed by atoms with Crippen LogP contribution in [0.25, 0.3) is 11.2 Å². The number of aromatic nitrogens is 4. The molecule has 0 radical (unpaired) electrons. The van der Waals surface area contributed by atoms with Gasteiger partial charge in [0, 0.05) is 12.7 Å². The standard InChI is InChI=1S/C18H28N5O8PS/c1-12(2)31-18(25)27-10-30-32(26,29-5-6-33-14(4)24)11-28-13(3)7-23-9-22-15-16(19)20-8-21-17(15)23/h8-9,12-13H,5-7,10-11H2,1-4H3,(H2,19,20,21)/t13-,32+/m1/s1. The Labute approximate surface area is 195 Å². The van der Waals surface area contributed by atoms with Crippen molar-refractivity contribution in [3.05, 3.63) is 12.7 Å². The molecule has 0 saturated heterocycles. The Balaban J connectivity index is 1.93. The minimum absolute atomic E-state index is 0.0297. The zero-order chi connectivity index (χ0) is 24.4. The summed E-state index contributed by atoms with van der Waals surface area (Å²) in [5.41, 5.74) is 6.79. The summed E-state index contributed by atoms with van der Waals surface area (Å²) in [6.45, 7) is 6.12. The lowest BCUT2D eigenvalue weighted by Gasteiger charge is -2.21. The van der Waals surface area contributed by atoms with E-state index in [1.165, 1.54) is 13.3 Å². The molecule has 2 atom stereocenters. The van der Waals surface area contributed by atoms with E-state index in [4.69, 9.17) is 29.0 Å². The average molecular weight is 505 g/mol. The van der Waals surface area contributed by atoms with E-state index >= 15 is 0 Å². The fourth-order valence-electron chi connectivity index (χ4n) is 2.44. The molecule has 33 heavy (non-hydrogen) atoms. The van der Waals surface area contributed by atoms with Crippen molar-refractivity contribution >= 4 is 47.6 Å². The van der Waals surface area contributed by atoms with Crippen LogP contribution in [0.15, 0.2) is 12.7 Å². The molecule has 0 amide bonds. The molecular formula is C18H28N5O8PS. The van der Waals surface area contributed by atoms with Crippen molar-refractivity contribution in [1.29, 1.82) is 0 Å². The van der Waals surface area contributed by atoms with Crippen LogP contribution in [0.1, 0.15) is 27.7 Å². The Morgan fingerprint density at radius 1 is 1.21 bits per heavy atom. The number of nitrogens with zero attached hydrogens (tertiary/aromatic N) is 4. The van der Waals surface area contributed by atoms with Crippen LogP contribution < -0.4 is 5.73 Å². The first-order valence-corrected chi connectivity index (χ1v) is 12.7. The van der Waals surface area contributed by atoms with E-state index in [-0.39, 0.29) is 29.4 Å². The van der Waals surface area contributed by atoms with E-state index in [1.54, 1.807) is 31.7 Å². The summed E-state index contributed by atoms with van der Waals surface area (Å²) in [5, 5.41) is -0.101. The van der Waals surface area contributed by atoms with Crippen molar-refractivity contribution in [3.8, 4) is 0 Å². The lowest BCUT2D eigenvalue weighted by atomic mass is 10.4. The summed E-state index contributed by atoms with van der Waals surface area (Å²) in [7, 11) is -3.82. The van der Waals surface area contributed by atoms with Crippen molar-refractivity contribution < 1.29 is 37.4 Å². The Kier molecular flexibility index (Phi) is 10.5. The van der Waals surface area contributed by atoms with Gasteiger partial charge in [-0.05, 0) is 20.8 Å². The number of hydrogen-bond acceptors (Lipinski definition) is 13. The van der Waals surface area contributed by atoms with Gasteiger partial charge in [-0.25, -0.2) is 19.7 Å². The summed E-state index contributed by atoms with van der Waals surface area (Å²) in [5.74, 6) is 0.537. The highest BCUT2D eigenvalue weighted by molar-refractivity contribution is 8.13. The quantitative estimate of drug-likeness (QED) is 0.183. The highest BCUT2D eigenvalue weighted by atomic mass is 32.2. The molecule has 2 rings (SSSR count). The van der Waals surface area contributed by atoms with E-state index in [9.17, 15) is 14.2 Å². The number of carbonyl (C=O) groups is 2. The summed E-state index contributed by atoms with van der Waals surface area (Å²) in [6, 6.07) is 0. The molecule has 15 heteroatoms. The molecule has 0 aromatic carbocycles. The van der Waals surface area contributed by atoms with Gasteiger partial charge in [-0.3, -0.25) is 13.9 Å². The molecule has 0 bridgehead atoms. The van der Waals surface area contributed by atoms with E-state index in [2.05, 4.69) is 15.0 Å². The Hall–Kier alpha value is -2.25. The molecule has 184 valence electrons. The van der Waals surface area contributed by atoms with Gasteiger partial charge in [-0.2, -0.15) is 0 Å². The number of thioether (sulfide) groups is 1. The SMILES string of the molecule is CC(=O)SCCO[P@@](=O)(CO[C@H](C)Cn1cnc2c(N)ncnc21)OCOC(=O)OC(C)C. The molecule has 2 aromatic heterocycles. The summed E-state index contributed by atoms with van der Waals surface area (Å²) in [4.78, 5) is 34.8. The Morgan fingerprint density at radius 2 is 1.97 bits per heavy atom. The second-order valence-corrected chi connectivity index (χ2v) is 10.3. The number of nitrogens with two attached hydrogens (primary N) is 1. The number of fused-ring (bicyclic) bond motifs is 1. The number of carbonyl (C=O) groups excluding carboxylic acids is 2. The molecule has 0 spiro atoms. The van der Waals surface area contributed by atoms with Gasteiger partial charge in [-0.15, -0.1) is 0 Å². The number of rotatable bonds is 13. The normalized spacial score (nSPS) is 14.2. The van der Waals surface area contributed by atoms with Crippen LogP contribution in [0.5, 0.6) is 0 Å². The van der Waals surface area contributed by atoms with Crippen molar-refractivity contribution in [2.75, 3.05) is 31.2 Å². The Bertz CT molecular complexity index is 988. The van der Waals surface area contributed by atoms with Gasteiger partial charge in [0.1, 0.15) is 18.2 Å². The summed E-state index contributed by atoms with van der Waals surface area (Å²) >= 11 is 1.02. The van der Waals surface area contributed by atoms with E-state index in [0.717, 1.165) is 11.8 Å². The fourth-order valence-corrected chi connectivity index (χ4v) is 4.26. The monoisotopic (exact) mass is 505 g/mol. The second kappa shape index (κ2) is 12.8. The van der Waals surface area contributed by atoms with Crippen molar-refractivity contribution in [3.63, 3.8) is 0 Å². The molecule has 0 saturated carbocycles. The van der Waals surface area contributed by atoms with Crippen molar-refractivity contribution in [2.45, 2.75) is 46.4 Å². The third-order valence-electron chi connectivity index (χ3n) is 3.84. The molecule has 0 aliphatic heterocycles. The van der Waals surface area contributed by atoms with Gasteiger partial charge < -0.3 is 29.0 Å². The minimum atomic E-state index is -3.82. The van der Waals surface area contributed by atoms with Crippen LogP contribution in [0.2, 0.25) is 0 Å². The van der Waals surface area contributed by atoms with Gasteiger partial charge in [-0.1, -0.05) is 11.8 Å². The van der Waals surface area contributed by atoms with Gasteiger partial charge >= 0.3 is 13.8 Å². The minimum Gasteiger partial charge on any atom is -0.432 e. The predicted octanol–water partition coefficient (Wildman–Crippen LogP) is 2.80. The molecule has 0 aliphatic rings. The Morgan fingerprint density at radius 3 is 2.67 bits per heavy atom. The lowest BCUT2D eigenvalue weighted by Crippen LogP contribution is -2.19. The number of anilines is 1. The smallest absolute Gasteiger partial charge is 0.432 e. The molecule has 2 N–H and O–H groups in total. The van der Waals surface area contributed by atoms with Crippen LogP contribution in [-0.4, -0.2) is 68.5 Å². The zero-order valence-electron chi connectivity index (χ0n) is 18.8. The van der Waals surface area contributed by atoms with Crippen LogP contribution >= 0.6 is 19.4 Å². The van der Waals surface area contributed by atoms with Gasteiger partial charge in [0.2, 0.25) is 6.79 Å². The maximum atomic E-state index is 13.1. The van der Waals surface area contributed by atoms with E-state index < -0.39 is 33.0 Å². The number of nitrogen functional groups attached to an aromatic ring is 1. The summed E-state index contributed by atoms with van der Waals surface area (Å²) < 4.78 is 40.6. The molecular weight excluding hydrogens is 477 g/mol. The third kappa shape index (κ3) is 9.26. The molecule has 0 unspecified atom stereocenters. The van der Waals surface area contributed by atoms with E-state index in [1.807, 2.05) is 0 Å². The van der Waals surface area contributed by atoms with Crippen LogP contribution in [-0.2, 0) is 39.2 Å². The number of ether oxygens (including phenoxy) is 3. The first-order chi connectivity index (χ1) is 15.6. The van der Waals surface area contributed by atoms with Crippen LogP contribution in [0.4, 0.5) is 10.6 Å². The van der Waals surface area contributed by atoms with Gasteiger partial charge in [0.05, 0.1) is 31.7 Å². The first kappa shape index (κ1) is 27.0. The molecule has 13 nitrogen and oxygen atoms in total. The molecule has 0 aliphatic carbocycles. The molecule has 0 fully saturated rings. The maximum Gasteiger partial charge on any atom is 0.510 e. The van der Waals surface area contributed by atoms with Gasteiger partial charge in [0.15, 0.2) is 16.6 Å². The second-order valence-electron chi connectivity index (χ2n) is 7.03. The van der Waals surface area contributed by atoms with Crippen molar-refractivity contribution in [2.24, 2.45) is 0 Å². The topological polar surface area (TPSA) is 167 Å². The zero-order valence-corrected chi connectivity index (χ0v) is 20.5. The number of hydrogen-bond donors (Lipinski definition) is 1. The maximum absolute atomic E-state index is 13.1. The molecule has 2 heterocycles. The highest BCUT2D eigenvalue weighted by Crippen LogP contribution is 2.48. The molecule has 2 aromatic rings. The highest BCUT2D eigenvalue weighted by Gasteiger charge is 2.28. The van der Waals surface area contributed by atoms with Crippen LogP contribution in [0.3, 0.4) is 0 Å². The van der Waals surface area contributed by atoms with Crippen LogP contribution in [0, 0.1) is 0 Å². The number of imidazole rings is 1. The summed E-state index contributed by atoms with van der Waals surface area (Å²) in [6.07, 6.45) is 0.679. The average Bonchev–Trinajstić information content (AvgIpc) is 3.13. The largest absolute Gasteiger partial charge is 0.510 e. The van der Waals surface area contributed by atoms with Crippen molar-refractivity contribution in [1.82, 2.24) is 19.5 Å². The van der Waals surface area contributed by atoms with Gasteiger partial charge in [0.25, 0.3) is 0 Å². The first-order valence-electron chi connectivity index (χ1n) is 9.97. The fraction of sp³-hybridized carbons (Fsp3) is 0.611. The predicted molar refractivity (Wildman–Crippen MR) is 121 cm³/mol.